The quantitative estimate of drug-likeness (QED) is 0.0222. The molecule has 2 unspecified atom stereocenters. The van der Waals surface area contributed by atoms with Gasteiger partial charge < -0.3 is 33.8 Å². The molecule has 0 spiro atoms. The first-order valence-electron chi connectivity index (χ1n) is 39.0. The Labute approximate surface area is 575 Å². The van der Waals surface area contributed by atoms with Crippen molar-refractivity contribution in [3.05, 3.63) is 0 Å². The van der Waals surface area contributed by atoms with Crippen LogP contribution in [0.5, 0.6) is 0 Å². The molecule has 0 aliphatic carbocycles. The summed E-state index contributed by atoms with van der Waals surface area (Å²) in [5.41, 5.74) is 0. The number of rotatable bonds is 74. The van der Waals surface area contributed by atoms with E-state index >= 15 is 0 Å². The number of aliphatic hydroxyl groups excluding tert-OH is 1. The van der Waals surface area contributed by atoms with Crippen LogP contribution in [-0.4, -0.2) is 96.7 Å². The Morgan fingerprint density at radius 1 is 0.287 bits per heavy atom. The van der Waals surface area contributed by atoms with Crippen LogP contribution in [0, 0.1) is 11.8 Å². The van der Waals surface area contributed by atoms with Crippen LogP contribution >= 0.6 is 15.6 Å². The number of phosphoric acid groups is 2. The Kier molecular flexibility index (Phi) is 65.5. The third-order valence-electron chi connectivity index (χ3n) is 17.5. The topological polar surface area (TPSA) is 237 Å². The van der Waals surface area contributed by atoms with E-state index < -0.39 is 97.5 Å². The van der Waals surface area contributed by atoms with E-state index in [1.54, 1.807) is 0 Å². The Balaban J connectivity index is 5.20. The van der Waals surface area contributed by atoms with Crippen molar-refractivity contribution in [2.75, 3.05) is 39.6 Å². The largest absolute Gasteiger partial charge is 0.472 e. The van der Waals surface area contributed by atoms with Crippen molar-refractivity contribution in [1.29, 1.82) is 0 Å². The molecule has 0 aliphatic rings. The molecular formula is C75H146O17P2. The fourth-order valence-corrected chi connectivity index (χ4v) is 13.1. The minimum atomic E-state index is -4.96. The molecule has 0 aliphatic heterocycles. The first-order valence-corrected chi connectivity index (χ1v) is 42.0. The highest BCUT2D eigenvalue weighted by Crippen LogP contribution is 2.45. The highest BCUT2D eigenvalue weighted by atomic mass is 31.2. The molecule has 94 heavy (non-hydrogen) atoms. The van der Waals surface area contributed by atoms with Crippen molar-refractivity contribution < 1.29 is 80.2 Å². The van der Waals surface area contributed by atoms with Gasteiger partial charge in [0.15, 0.2) is 12.2 Å². The molecule has 0 radical (unpaired) electrons. The summed E-state index contributed by atoms with van der Waals surface area (Å²) in [4.78, 5) is 72.7. The van der Waals surface area contributed by atoms with Crippen LogP contribution in [0.15, 0.2) is 0 Å². The third kappa shape index (κ3) is 68.6. The molecular weight excluding hydrogens is 1230 g/mol. The summed E-state index contributed by atoms with van der Waals surface area (Å²) in [6.07, 6.45) is 54.2. The van der Waals surface area contributed by atoms with Crippen molar-refractivity contribution in [2.45, 2.75) is 407 Å². The van der Waals surface area contributed by atoms with Gasteiger partial charge in [0.25, 0.3) is 0 Å². The molecule has 0 aromatic heterocycles. The van der Waals surface area contributed by atoms with Gasteiger partial charge in [-0.3, -0.25) is 37.3 Å². The molecule has 0 aromatic carbocycles. The number of unbranched alkanes of at least 4 members (excludes halogenated alkanes) is 44. The standard InChI is InChI=1S/C75H146O17P2/c1-7-9-11-13-15-16-17-18-19-20-21-22-30-35-41-47-53-59-75(80)92-71(64-86-73(78)58-52-46-40-34-29-25-23-27-32-38-43-49-55-67(3)4)66-90-94(83,84)88-62-69(76)61-87-93(81,82)89-65-70(63-85-72(77)57-51-45-37-14-12-10-8-2)91-74(79)60-54-48-42-36-31-26-24-28-33-39-44-50-56-68(5)6/h67-71,76H,7-66H2,1-6H3,(H,81,82)(H,83,84)/t69-,70+,71+/m0/s1. The van der Waals surface area contributed by atoms with Gasteiger partial charge in [0.2, 0.25) is 0 Å². The molecule has 0 heterocycles. The van der Waals surface area contributed by atoms with Gasteiger partial charge in [-0.25, -0.2) is 9.13 Å². The second-order valence-corrected chi connectivity index (χ2v) is 30.9. The summed E-state index contributed by atoms with van der Waals surface area (Å²) in [6.45, 7) is 9.57. The normalized spacial score (nSPS) is 14.0. The number of hydrogen-bond donors (Lipinski definition) is 3. The zero-order chi connectivity index (χ0) is 69.3. The molecule has 17 nitrogen and oxygen atoms in total. The first-order chi connectivity index (χ1) is 45.4. The van der Waals surface area contributed by atoms with Gasteiger partial charge in [0.05, 0.1) is 26.4 Å². The summed E-state index contributed by atoms with van der Waals surface area (Å²) >= 11 is 0. The maximum atomic E-state index is 13.1. The average molecular weight is 1380 g/mol. The minimum Gasteiger partial charge on any atom is -0.462 e. The van der Waals surface area contributed by atoms with E-state index in [0.717, 1.165) is 115 Å². The van der Waals surface area contributed by atoms with Gasteiger partial charge >= 0.3 is 39.5 Å². The summed E-state index contributed by atoms with van der Waals surface area (Å²) in [6, 6.07) is 0. The van der Waals surface area contributed by atoms with E-state index in [9.17, 15) is 43.2 Å². The first kappa shape index (κ1) is 92.1. The van der Waals surface area contributed by atoms with E-state index in [-0.39, 0.29) is 25.7 Å². The lowest BCUT2D eigenvalue weighted by atomic mass is 10.0. The maximum absolute atomic E-state index is 13.1. The summed E-state index contributed by atoms with van der Waals surface area (Å²) < 4.78 is 68.4. The molecule has 0 fully saturated rings. The molecule has 19 heteroatoms. The number of aliphatic hydroxyl groups is 1. The maximum Gasteiger partial charge on any atom is 0.472 e. The Hall–Kier alpha value is -1.94. The third-order valence-corrected chi connectivity index (χ3v) is 19.4. The summed E-state index contributed by atoms with van der Waals surface area (Å²) in [7, 11) is -9.90. The Morgan fingerprint density at radius 2 is 0.489 bits per heavy atom. The zero-order valence-corrected chi connectivity index (χ0v) is 63.1. The van der Waals surface area contributed by atoms with E-state index in [0.29, 0.717) is 25.7 Å². The molecule has 0 saturated heterocycles. The molecule has 3 N–H and O–H groups in total. The highest BCUT2D eigenvalue weighted by Gasteiger charge is 2.30. The molecule has 0 aromatic rings. The van der Waals surface area contributed by atoms with Crippen LogP contribution in [0.3, 0.4) is 0 Å². The average Bonchev–Trinajstić information content (AvgIpc) is 2.98. The van der Waals surface area contributed by atoms with Crippen LogP contribution in [0.2, 0.25) is 0 Å². The molecule has 0 amide bonds. The molecule has 0 saturated carbocycles. The van der Waals surface area contributed by atoms with Gasteiger partial charge in [0, 0.05) is 25.7 Å². The minimum absolute atomic E-state index is 0.107. The number of carbonyl (C=O) groups is 4. The molecule has 0 bridgehead atoms. The van der Waals surface area contributed by atoms with Gasteiger partial charge in [-0.15, -0.1) is 0 Å². The number of phosphoric ester groups is 2. The molecule has 5 atom stereocenters. The van der Waals surface area contributed by atoms with Crippen molar-refractivity contribution in [2.24, 2.45) is 11.8 Å². The van der Waals surface area contributed by atoms with E-state index in [1.807, 2.05) is 0 Å². The van der Waals surface area contributed by atoms with Crippen molar-refractivity contribution >= 4 is 39.5 Å². The van der Waals surface area contributed by atoms with Gasteiger partial charge in [-0.2, -0.15) is 0 Å². The van der Waals surface area contributed by atoms with E-state index in [2.05, 4.69) is 41.5 Å². The number of ether oxygens (including phenoxy) is 4. The fraction of sp³-hybridized carbons (Fsp3) is 0.947. The molecule has 0 rings (SSSR count). The van der Waals surface area contributed by atoms with Crippen LogP contribution in [0.4, 0.5) is 0 Å². The van der Waals surface area contributed by atoms with Crippen molar-refractivity contribution in [1.82, 2.24) is 0 Å². The van der Waals surface area contributed by atoms with Crippen LogP contribution in [-0.2, 0) is 65.4 Å². The van der Waals surface area contributed by atoms with Crippen LogP contribution in [0.1, 0.15) is 388 Å². The number of hydrogen-bond acceptors (Lipinski definition) is 15. The number of carbonyl (C=O) groups excluding carboxylic acids is 4. The lowest BCUT2D eigenvalue weighted by Crippen LogP contribution is -2.30. The summed E-state index contributed by atoms with van der Waals surface area (Å²) in [5.74, 6) is -0.561. The predicted molar refractivity (Wildman–Crippen MR) is 381 cm³/mol. The van der Waals surface area contributed by atoms with E-state index in [4.69, 9.17) is 37.0 Å². The fourth-order valence-electron chi connectivity index (χ4n) is 11.5. The molecule has 558 valence electrons. The second kappa shape index (κ2) is 66.9. The van der Waals surface area contributed by atoms with Crippen molar-refractivity contribution in [3.8, 4) is 0 Å². The SMILES string of the molecule is CCCCCCCCCCCCCCCCCCCC(=O)O[C@H](COC(=O)CCCCCCCCCCCCCCC(C)C)COP(=O)(O)OC[C@@H](O)COP(=O)(O)OC[C@@H](COC(=O)CCCCCCCCC)OC(=O)CCCCCCCCCCCCCCC(C)C. The Morgan fingerprint density at radius 3 is 0.723 bits per heavy atom. The van der Waals surface area contributed by atoms with Crippen LogP contribution in [0.25, 0.3) is 0 Å². The smallest absolute Gasteiger partial charge is 0.462 e. The highest BCUT2D eigenvalue weighted by molar-refractivity contribution is 7.47. The number of esters is 4. The predicted octanol–water partition coefficient (Wildman–Crippen LogP) is 21.9. The lowest BCUT2D eigenvalue weighted by Gasteiger charge is -2.21. The second-order valence-electron chi connectivity index (χ2n) is 28.0. The van der Waals surface area contributed by atoms with Gasteiger partial charge in [0.1, 0.15) is 19.3 Å². The van der Waals surface area contributed by atoms with Crippen molar-refractivity contribution in [3.63, 3.8) is 0 Å². The lowest BCUT2D eigenvalue weighted by molar-refractivity contribution is -0.161. The zero-order valence-electron chi connectivity index (χ0n) is 61.3. The van der Waals surface area contributed by atoms with Gasteiger partial charge in [-0.05, 0) is 37.5 Å². The van der Waals surface area contributed by atoms with Crippen LogP contribution < -0.4 is 0 Å². The van der Waals surface area contributed by atoms with Gasteiger partial charge in [-0.1, -0.05) is 337 Å². The van der Waals surface area contributed by atoms with E-state index in [1.165, 1.54) is 193 Å². The monoisotopic (exact) mass is 1380 g/mol. The summed E-state index contributed by atoms with van der Waals surface area (Å²) in [5, 5.41) is 10.6. The Bertz CT molecular complexity index is 1820.